The summed E-state index contributed by atoms with van der Waals surface area (Å²) in [5.41, 5.74) is 1.88. The second-order valence-corrected chi connectivity index (χ2v) is 5.29. The Morgan fingerprint density at radius 3 is 2.95 bits per heavy atom. The summed E-state index contributed by atoms with van der Waals surface area (Å²) >= 11 is 0. The fraction of sp³-hybridized carbons (Fsp3) is 0.533. The number of rotatable bonds is 4. The molecule has 1 atom stereocenters. The molecule has 0 bridgehead atoms. The minimum absolute atomic E-state index is 0.0898. The van der Waals surface area contributed by atoms with Crippen LogP contribution in [0.1, 0.15) is 32.3 Å². The van der Waals surface area contributed by atoms with E-state index < -0.39 is 0 Å². The van der Waals surface area contributed by atoms with Crippen molar-refractivity contribution in [1.29, 1.82) is 0 Å². The summed E-state index contributed by atoms with van der Waals surface area (Å²) in [4.78, 5) is 11.9. The van der Waals surface area contributed by atoms with Crippen LogP contribution in [0.25, 0.3) is 0 Å². The van der Waals surface area contributed by atoms with Gasteiger partial charge in [-0.25, -0.2) is 0 Å². The van der Waals surface area contributed by atoms with Gasteiger partial charge in [-0.15, -0.1) is 0 Å². The molecule has 19 heavy (non-hydrogen) atoms. The summed E-state index contributed by atoms with van der Waals surface area (Å²) in [5.74, 6) is 1.88. The highest BCUT2D eigenvalue weighted by molar-refractivity contribution is 5.95. The molecule has 1 saturated carbocycles. The summed E-state index contributed by atoms with van der Waals surface area (Å²) in [7, 11) is 0. The van der Waals surface area contributed by atoms with Gasteiger partial charge in [-0.3, -0.25) is 4.79 Å². The zero-order chi connectivity index (χ0) is 13.4. The molecule has 0 aromatic heterocycles. The maximum atomic E-state index is 11.9. The molecule has 1 N–H and O–H groups in total. The molecule has 0 saturated heterocycles. The molecule has 0 radical (unpaired) electrons. The van der Waals surface area contributed by atoms with Crippen molar-refractivity contribution >= 4 is 11.6 Å². The van der Waals surface area contributed by atoms with E-state index >= 15 is 0 Å². The summed E-state index contributed by atoms with van der Waals surface area (Å²) in [6.45, 7) is 4.57. The lowest BCUT2D eigenvalue weighted by Crippen LogP contribution is -2.14. The average molecular weight is 261 g/mol. The van der Waals surface area contributed by atoms with Gasteiger partial charge in [-0.1, -0.05) is 0 Å². The van der Waals surface area contributed by atoms with E-state index in [2.05, 4.69) is 5.32 Å². The maximum absolute atomic E-state index is 11.9. The second-order valence-electron chi connectivity index (χ2n) is 5.29. The van der Waals surface area contributed by atoms with E-state index in [4.69, 9.17) is 9.47 Å². The number of benzene rings is 1. The van der Waals surface area contributed by atoms with Crippen LogP contribution in [0, 0.1) is 5.92 Å². The fourth-order valence-electron chi connectivity index (χ4n) is 2.39. The lowest BCUT2D eigenvalue weighted by Gasteiger charge is -2.13. The van der Waals surface area contributed by atoms with Crippen LogP contribution >= 0.6 is 0 Å². The number of amides is 1. The molecule has 2 aliphatic rings. The zero-order valence-electron chi connectivity index (χ0n) is 11.4. The summed E-state index contributed by atoms with van der Waals surface area (Å²) in [6, 6.07) is 3.88. The second kappa shape index (κ2) is 4.76. The third-order valence-corrected chi connectivity index (χ3v) is 3.50. The third-order valence-electron chi connectivity index (χ3n) is 3.50. The number of carbonyl (C=O) groups is 1. The monoisotopic (exact) mass is 261 g/mol. The number of carbonyl (C=O) groups excluding carboxylic acids is 1. The molecular formula is C15H19NO3. The van der Waals surface area contributed by atoms with Crippen LogP contribution in [0.15, 0.2) is 12.1 Å². The Hall–Kier alpha value is -1.71. The molecule has 0 spiro atoms. The van der Waals surface area contributed by atoms with Gasteiger partial charge in [0.15, 0.2) is 0 Å². The first-order valence-electron chi connectivity index (χ1n) is 6.94. The van der Waals surface area contributed by atoms with Crippen LogP contribution in [0.2, 0.25) is 0 Å². The molecule has 1 aromatic carbocycles. The molecule has 1 fully saturated rings. The first-order chi connectivity index (χ1) is 9.17. The van der Waals surface area contributed by atoms with Gasteiger partial charge < -0.3 is 14.8 Å². The van der Waals surface area contributed by atoms with E-state index in [1.165, 1.54) is 0 Å². The third kappa shape index (κ3) is 2.53. The predicted molar refractivity (Wildman–Crippen MR) is 72.8 cm³/mol. The van der Waals surface area contributed by atoms with E-state index in [1.807, 2.05) is 26.0 Å². The van der Waals surface area contributed by atoms with Crippen LogP contribution < -0.4 is 14.8 Å². The lowest BCUT2D eigenvalue weighted by atomic mass is 10.1. The molecule has 1 aromatic rings. The van der Waals surface area contributed by atoms with E-state index in [0.29, 0.717) is 6.61 Å². The molecule has 3 rings (SSSR count). The van der Waals surface area contributed by atoms with Gasteiger partial charge in [0.25, 0.3) is 0 Å². The number of nitrogens with one attached hydrogen (secondary N) is 1. The molecule has 1 aliphatic heterocycles. The highest BCUT2D eigenvalue weighted by Crippen LogP contribution is 2.39. The number of hydrogen-bond donors (Lipinski definition) is 1. The Morgan fingerprint density at radius 1 is 1.47 bits per heavy atom. The Kier molecular flexibility index (Phi) is 3.09. The number of fused-ring (bicyclic) bond motifs is 1. The van der Waals surface area contributed by atoms with Crippen molar-refractivity contribution in [1.82, 2.24) is 0 Å². The standard InChI is InChI=1S/C15H19NO3/c1-3-18-14-7-11-6-9(2)19-13(11)8-12(14)16-15(17)10-4-5-10/h7-10H,3-6H2,1-2H3,(H,16,17)/t9-/m0/s1. The van der Waals surface area contributed by atoms with Crippen LogP contribution in [0.4, 0.5) is 5.69 Å². The first kappa shape index (κ1) is 12.3. The average Bonchev–Trinajstić information content (AvgIpc) is 3.13. The largest absolute Gasteiger partial charge is 0.492 e. The predicted octanol–water partition coefficient (Wildman–Crippen LogP) is 2.76. The Morgan fingerprint density at radius 2 is 2.26 bits per heavy atom. The van der Waals surface area contributed by atoms with E-state index in [0.717, 1.165) is 42.0 Å². The fourth-order valence-corrected chi connectivity index (χ4v) is 2.39. The molecule has 1 aliphatic carbocycles. The summed E-state index contributed by atoms with van der Waals surface area (Å²) in [6.07, 6.45) is 3.08. The van der Waals surface area contributed by atoms with Gasteiger partial charge in [0.05, 0.1) is 12.3 Å². The van der Waals surface area contributed by atoms with Gasteiger partial charge in [0, 0.05) is 24.0 Å². The number of anilines is 1. The molecule has 1 amide bonds. The molecular weight excluding hydrogens is 242 g/mol. The van der Waals surface area contributed by atoms with E-state index in [-0.39, 0.29) is 17.9 Å². The lowest BCUT2D eigenvalue weighted by molar-refractivity contribution is -0.117. The summed E-state index contributed by atoms with van der Waals surface area (Å²) < 4.78 is 11.4. The normalized spacial score (nSPS) is 20.6. The van der Waals surface area contributed by atoms with Crippen molar-refractivity contribution in [3.05, 3.63) is 17.7 Å². The Bertz CT molecular complexity index is 508. The van der Waals surface area contributed by atoms with E-state index in [9.17, 15) is 4.79 Å². The molecule has 102 valence electrons. The topological polar surface area (TPSA) is 47.6 Å². The van der Waals surface area contributed by atoms with Crippen molar-refractivity contribution in [2.45, 2.75) is 39.2 Å². The van der Waals surface area contributed by atoms with Crippen LogP contribution in [0.3, 0.4) is 0 Å². The molecule has 4 heteroatoms. The smallest absolute Gasteiger partial charge is 0.227 e. The van der Waals surface area contributed by atoms with Gasteiger partial charge in [-0.2, -0.15) is 0 Å². The van der Waals surface area contributed by atoms with Gasteiger partial charge in [-0.05, 0) is 32.8 Å². The van der Waals surface area contributed by atoms with Crippen LogP contribution in [-0.2, 0) is 11.2 Å². The van der Waals surface area contributed by atoms with Gasteiger partial charge in [0.2, 0.25) is 5.91 Å². The zero-order valence-corrected chi connectivity index (χ0v) is 11.4. The van der Waals surface area contributed by atoms with Gasteiger partial charge in [0.1, 0.15) is 17.6 Å². The minimum atomic E-state index is 0.0898. The maximum Gasteiger partial charge on any atom is 0.227 e. The summed E-state index contributed by atoms with van der Waals surface area (Å²) in [5, 5.41) is 2.96. The molecule has 0 unspecified atom stereocenters. The van der Waals surface area contributed by atoms with Crippen molar-refractivity contribution in [2.75, 3.05) is 11.9 Å². The Labute approximate surface area is 113 Å². The van der Waals surface area contributed by atoms with E-state index in [1.54, 1.807) is 0 Å². The van der Waals surface area contributed by atoms with Crippen LogP contribution in [-0.4, -0.2) is 18.6 Å². The first-order valence-corrected chi connectivity index (χ1v) is 6.94. The quantitative estimate of drug-likeness (QED) is 0.906. The molecule has 1 heterocycles. The van der Waals surface area contributed by atoms with Crippen molar-refractivity contribution in [2.24, 2.45) is 5.92 Å². The number of ether oxygens (including phenoxy) is 2. The van der Waals surface area contributed by atoms with Crippen LogP contribution in [0.5, 0.6) is 11.5 Å². The van der Waals surface area contributed by atoms with Crippen molar-refractivity contribution in [3.63, 3.8) is 0 Å². The number of hydrogen-bond acceptors (Lipinski definition) is 3. The van der Waals surface area contributed by atoms with Crippen molar-refractivity contribution in [3.8, 4) is 11.5 Å². The SMILES string of the molecule is CCOc1cc2c(cc1NC(=O)C1CC1)O[C@@H](C)C2. The minimum Gasteiger partial charge on any atom is -0.492 e. The Balaban J connectivity index is 1.87. The molecule has 4 nitrogen and oxygen atoms in total. The van der Waals surface area contributed by atoms with Gasteiger partial charge >= 0.3 is 0 Å². The highest BCUT2D eigenvalue weighted by Gasteiger charge is 2.31. The highest BCUT2D eigenvalue weighted by atomic mass is 16.5. The van der Waals surface area contributed by atoms with Crippen molar-refractivity contribution < 1.29 is 14.3 Å².